The second-order valence-electron chi connectivity index (χ2n) is 7.07. The first-order valence-electron chi connectivity index (χ1n) is 9.49. The highest BCUT2D eigenvalue weighted by Crippen LogP contribution is 2.42. The van der Waals surface area contributed by atoms with E-state index in [2.05, 4.69) is 9.97 Å². The van der Waals surface area contributed by atoms with E-state index in [0.29, 0.717) is 11.0 Å². The molecule has 10 nitrogen and oxygen atoms in total. The number of rotatable bonds is 4. The largest absolute Gasteiger partial charge is 0.507 e. The number of para-hydroxylation sites is 2. The van der Waals surface area contributed by atoms with Crippen LogP contribution in [-0.2, 0) is 9.59 Å². The molecule has 0 spiro atoms. The van der Waals surface area contributed by atoms with E-state index in [0.717, 1.165) is 11.0 Å². The molecule has 1 aliphatic heterocycles. The summed E-state index contributed by atoms with van der Waals surface area (Å²) < 4.78 is 5.48. The molecule has 1 aliphatic rings. The summed E-state index contributed by atoms with van der Waals surface area (Å²) in [6.45, 7) is 0. The minimum absolute atomic E-state index is 0.0263. The van der Waals surface area contributed by atoms with Crippen molar-refractivity contribution in [1.29, 1.82) is 0 Å². The minimum Gasteiger partial charge on any atom is -0.507 e. The molecule has 1 amide bonds. The molecule has 2 aromatic carbocycles. The average molecular weight is 430 g/mol. The molecule has 5 rings (SSSR count). The molecule has 2 N–H and O–H groups in total. The van der Waals surface area contributed by atoms with Crippen LogP contribution in [0, 0.1) is 10.1 Å². The molecule has 0 radical (unpaired) electrons. The van der Waals surface area contributed by atoms with Crippen LogP contribution in [0.4, 0.5) is 11.6 Å². The number of carbonyl (C=O) groups excluding carboxylic acids is 2. The van der Waals surface area contributed by atoms with Gasteiger partial charge in [0.15, 0.2) is 0 Å². The topological polar surface area (TPSA) is 143 Å². The molecule has 3 heterocycles. The van der Waals surface area contributed by atoms with Crippen molar-refractivity contribution < 1.29 is 24.0 Å². The number of furan rings is 1. The van der Waals surface area contributed by atoms with E-state index in [4.69, 9.17) is 4.42 Å². The van der Waals surface area contributed by atoms with Crippen LogP contribution in [0.25, 0.3) is 16.8 Å². The Balaban J connectivity index is 1.71. The number of hydrogen-bond donors (Lipinski definition) is 2. The lowest BCUT2D eigenvalue weighted by molar-refractivity contribution is -0.384. The quantitative estimate of drug-likeness (QED) is 0.165. The zero-order valence-electron chi connectivity index (χ0n) is 16.3. The van der Waals surface area contributed by atoms with Crippen molar-refractivity contribution in [3.05, 3.63) is 93.9 Å². The number of nitro benzene ring substituents is 1. The minimum atomic E-state index is -1.12. The third-order valence-electron chi connectivity index (χ3n) is 5.19. The first kappa shape index (κ1) is 19.2. The second kappa shape index (κ2) is 7.20. The Bertz CT molecular complexity index is 1390. The predicted molar refractivity (Wildman–Crippen MR) is 113 cm³/mol. The van der Waals surface area contributed by atoms with E-state index in [1.54, 1.807) is 36.4 Å². The smallest absolute Gasteiger partial charge is 0.302 e. The predicted octanol–water partition coefficient (Wildman–Crippen LogP) is 3.69. The normalized spacial score (nSPS) is 17.9. The van der Waals surface area contributed by atoms with Gasteiger partial charge in [-0.15, -0.1) is 0 Å². The van der Waals surface area contributed by atoms with Gasteiger partial charge < -0.3 is 14.5 Å². The number of benzene rings is 2. The maximum atomic E-state index is 13.0. The van der Waals surface area contributed by atoms with Crippen LogP contribution in [0.15, 0.2) is 76.9 Å². The molecule has 1 atom stereocenters. The summed E-state index contributed by atoms with van der Waals surface area (Å²) in [5, 5.41) is 22.1. The molecule has 1 unspecified atom stereocenters. The fourth-order valence-electron chi connectivity index (χ4n) is 3.74. The number of aromatic amines is 1. The fraction of sp³-hybridized carbons (Fsp3) is 0.0455. The molecule has 4 aromatic rings. The second-order valence-corrected chi connectivity index (χ2v) is 7.07. The van der Waals surface area contributed by atoms with Gasteiger partial charge in [-0.05, 0) is 24.3 Å². The number of nitrogens with zero attached hydrogens (tertiary/aromatic N) is 3. The van der Waals surface area contributed by atoms with Crippen molar-refractivity contribution in [3.63, 3.8) is 0 Å². The van der Waals surface area contributed by atoms with Crippen molar-refractivity contribution in [2.75, 3.05) is 4.90 Å². The Hall–Kier alpha value is -4.73. The van der Waals surface area contributed by atoms with Gasteiger partial charge in [-0.2, -0.15) is 0 Å². The number of aliphatic hydroxyl groups excluding tert-OH is 1. The van der Waals surface area contributed by atoms with Crippen molar-refractivity contribution in [2.45, 2.75) is 6.04 Å². The van der Waals surface area contributed by atoms with Crippen molar-refractivity contribution >= 4 is 40.1 Å². The number of amides is 1. The molecule has 0 bridgehead atoms. The lowest BCUT2D eigenvalue weighted by Crippen LogP contribution is -2.30. The molecule has 158 valence electrons. The fourth-order valence-corrected chi connectivity index (χ4v) is 3.74. The summed E-state index contributed by atoms with van der Waals surface area (Å²) in [6.07, 6.45) is 1.38. The molecular formula is C22H14N4O6. The number of nitro groups is 1. The van der Waals surface area contributed by atoms with Crippen molar-refractivity contribution in [3.8, 4) is 0 Å². The molecule has 0 aliphatic carbocycles. The number of carbonyl (C=O) groups is 2. The van der Waals surface area contributed by atoms with E-state index in [9.17, 15) is 24.8 Å². The Morgan fingerprint density at radius 1 is 1.12 bits per heavy atom. The number of anilines is 1. The number of imidazole rings is 1. The summed E-state index contributed by atoms with van der Waals surface area (Å²) in [6, 6.07) is 14.3. The van der Waals surface area contributed by atoms with Gasteiger partial charge in [-0.3, -0.25) is 24.6 Å². The first-order chi connectivity index (χ1) is 15.5. The van der Waals surface area contributed by atoms with Gasteiger partial charge >= 0.3 is 5.91 Å². The van der Waals surface area contributed by atoms with Gasteiger partial charge in [0.1, 0.15) is 17.6 Å². The lowest BCUT2D eigenvalue weighted by Gasteiger charge is -2.20. The molecule has 10 heteroatoms. The lowest BCUT2D eigenvalue weighted by atomic mass is 9.99. The molecule has 1 saturated heterocycles. The zero-order chi connectivity index (χ0) is 22.4. The third-order valence-corrected chi connectivity index (χ3v) is 5.19. The number of aromatic nitrogens is 2. The number of aliphatic hydroxyl groups is 1. The third kappa shape index (κ3) is 2.93. The molecular weight excluding hydrogens is 416 g/mol. The summed E-state index contributed by atoms with van der Waals surface area (Å²) in [7, 11) is 0. The number of Topliss-reactive ketones (excluding diaryl/α,β-unsaturated/α-hetero) is 1. The van der Waals surface area contributed by atoms with E-state index in [1.807, 2.05) is 0 Å². The monoisotopic (exact) mass is 430 g/mol. The van der Waals surface area contributed by atoms with Crippen LogP contribution in [0.1, 0.15) is 17.4 Å². The number of ketones is 1. The van der Waals surface area contributed by atoms with Crippen LogP contribution in [0.5, 0.6) is 0 Å². The first-order valence-corrected chi connectivity index (χ1v) is 9.49. The summed E-state index contributed by atoms with van der Waals surface area (Å²) >= 11 is 0. The van der Waals surface area contributed by atoms with Crippen LogP contribution < -0.4 is 4.90 Å². The molecule has 2 aromatic heterocycles. The number of hydrogen-bond acceptors (Lipinski definition) is 7. The highest BCUT2D eigenvalue weighted by molar-refractivity contribution is 6.51. The molecule has 32 heavy (non-hydrogen) atoms. The summed E-state index contributed by atoms with van der Waals surface area (Å²) in [4.78, 5) is 45.1. The Labute approximate surface area is 179 Å². The van der Waals surface area contributed by atoms with E-state index >= 15 is 0 Å². The van der Waals surface area contributed by atoms with E-state index < -0.39 is 28.4 Å². The van der Waals surface area contributed by atoms with Crippen LogP contribution in [0.2, 0.25) is 0 Å². The van der Waals surface area contributed by atoms with Gasteiger partial charge in [-0.25, -0.2) is 4.98 Å². The Morgan fingerprint density at radius 3 is 2.66 bits per heavy atom. The van der Waals surface area contributed by atoms with E-state index in [-0.39, 0.29) is 28.5 Å². The SMILES string of the molecule is O=C1C(=O)N(c2nc3ccccc3[nH]2)C(c2ccco2)/C1=C(\O)c1cccc([N+](=O)[O-])c1. The Kier molecular flexibility index (Phi) is 4.33. The standard InChI is InChI=1S/C22H14N4O6/c27-19(12-5-3-6-13(11-12)26(30)31)17-18(16-9-4-10-32-16)25(21(29)20(17)28)22-23-14-7-1-2-8-15(14)24-22/h1-11,18,27H,(H,23,24)/b19-17+. The average Bonchev–Trinajstić information content (AvgIpc) is 3.52. The van der Waals surface area contributed by atoms with Gasteiger partial charge in [0.25, 0.3) is 11.5 Å². The van der Waals surface area contributed by atoms with Crippen LogP contribution in [0.3, 0.4) is 0 Å². The number of H-pyrrole nitrogens is 1. The maximum Gasteiger partial charge on any atom is 0.302 e. The maximum absolute atomic E-state index is 13.0. The highest BCUT2D eigenvalue weighted by atomic mass is 16.6. The van der Waals surface area contributed by atoms with Crippen LogP contribution >= 0.6 is 0 Å². The molecule has 1 fully saturated rings. The number of non-ortho nitro benzene ring substituents is 1. The van der Waals surface area contributed by atoms with Gasteiger partial charge in [0.05, 0.1) is 27.8 Å². The van der Waals surface area contributed by atoms with Crippen molar-refractivity contribution in [1.82, 2.24) is 9.97 Å². The van der Waals surface area contributed by atoms with Crippen LogP contribution in [-0.4, -0.2) is 31.7 Å². The van der Waals surface area contributed by atoms with E-state index in [1.165, 1.54) is 24.5 Å². The summed E-state index contributed by atoms with van der Waals surface area (Å²) in [5.74, 6) is -2.11. The highest BCUT2D eigenvalue weighted by Gasteiger charge is 2.49. The molecule has 0 saturated carbocycles. The number of nitrogens with one attached hydrogen (secondary N) is 1. The summed E-state index contributed by atoms with van der Waals surface area (Å²) in [5.41, 5.74) is 0.738. The zero-order valence-corrected chi connectivity index (χ0v) is 16.3. The van der Waals surface area contributed by atoms with Gasteiger partial charge in [0, 0.05) is 17.7 Å². The number of fused-ring (bicyclic) bond motifs is 1. The van der Waals surface area contributed by atoms with Gasteiger partial charge in [0.2, 0.25) is 5.95 Å². The van der Waals surface area contributed by atoms with Crippen molar-refractivity contribution in [2.24, 2.45) is 0 Å². The van der Waals surface area contributed by atoms with Gasteiger partial charge in [-0.1, -0.05) is 24.3 Å². The Morgan fingerprint density at radius 2 is 1.94 bits per heavy atom.